The summed E-state index contributed by atoms with van der Waals surface area (Å²) in [6.45, 7) is 2.00. The molecule has 1 heterocycles. The summed E-state index contributed by atoms with van der Waals surface area (Å²) in [4.78, 5) is 12.0. The number of nitrogens with one attached hydrogen (secondary N) is 1. The van der Waals surface area contributed by atoms with Gasteiger partial charge in [0.25, 0.3) is 5.91 Å². The Hall–Kier alpha value is 0.230. The molecule has 0 unspecified atom stereocenters. The summed E-state index contributed by atoms with van der Waals surface area (Å²) in [6, 6.07) is -0.789. The van der Waals surface area contributed by atoms with E-state index in [9.17, 15) is 9.18 Å². The van der Waals surface area contributed by atoms with Gasteiger partial charge in [0.1, 0.15) is 10.5 Å². The van der Waals surface area contributed by atoms with Crippen LogP contribution in [0.4, 0.5) is 4.39 Å². The molecule has 1 aliphatic carbocycles. The summed E-state index contributed by atoms with van der Waals surface area (Å²) in [5.41, 5.74) is 0. The van der Waals surface area contributed by atoms with Gasteiger partial charge in [-0.1, -0.05) is 0 Å². The van der Waals surface area contributed by atoms with Crippen LogP contribution < -0.4 is 5.32 Å². The predicted octanol–water partition coefficient (Wildman–Crippen LogP) is 2.25. The third-order valence-electron chi connectivity index (χ3n) is 3.40. The molecular formula is C10H14Cl3FN2O. The number of halogens is 4. The van der Waals surface area contributed by atoms with Gasteiger partial charge in [-0.3, -0.25) is 9.21 Å². The first-order valence-corrected chi connectivity index (χ1v) is 6.66. The molecule has 98 valence electrons. The minimum Gasteiger partial charge on any atom is -0.303 e. The summed E-state index contributed by atoms with van der Waals surface area (Å²) in [5.74, 6) is -0.329. The van der Waals surface area contributed by atoms with Gasteiger partial charge < -0.3 is 5.32 Å². The van der Waals surface area contributed by atoms with Crippen LogP contribution in [0.3, 0.4) is 0 Å². The van der Waals surface area contributed by atoms with Crippen LogP contribution in [0.5, 0.6) is 0 Å². The van der Waals surface area contributed by atoms with Gasteiger partial charge in [0.05, 0.1) is 12.1 Å². The van der Waals surface area contributed by atoms with Crippen molar-refractivity contribution in [2.24, 2.45) is 5.92 Å². The second-order valence-corrected chi connectivity index (χ2v) is 6.66. The normalized spacial score (nSPS) is 36.6. The maximum atomic E-state index is 13.0. The van der Waals surface area contributed by atoms with E-state index in [4.69, 9.17) is 35.0 Å². The van der Waals surface area contributed by atoms with Gasteiger partial charge in [-0.25, -0.2) is 4.39 Å². The van der Waals surface area contributed by atoms with Crippen LogP contribution >= 0.6 is 35.0 Å². The fourth-order valence-corrected chi connectivity index (χ4v) is 3.10. The summed E-state index contributed by atoms with van der Waals surface area (Å²) in [5, 5.41) is 2.81. The Balaban J connectivity index is 1.91. The lowest BCUT2D eigenvalue weighted by molar-refractivity contribution is -0.130. The zero-order chi connectivity index (χ0) is 12.8. The van der Waals surface area contributed by atoms with Crippen molar-refractivity contribution in [2.45, 2.75) is 42.4 Å². The topological polar surface area (TPSA) is 32.3 Å². The van der Waals surface area contributed by atoms with Crippen molar-refractivity contribution in [3.05, 3.63) is 0 Å². The molecule has 0 aromatic rings. The first-order valence-electron chi connectivity index (χ1n) is 5.57. The third-order valence-corrected chi connectivity index (χ3v) is 4.74. The summed E-state index contributed by atoms with van der Waals surface area (Å²) >= 11 is 17.8. The third kappa shape index (κ3) is 2.80. The monoisotopic (exact) mass is 302 g/mol. The van der Waals surface area contributed by atoms with E-state index in [-0.39, 0.29) is 30.8 Å². The number of hydrogen-bond donors (Lipinski definition) is 1. The van der Waals surface area contributed by atoms with Crippen molar-refractivity contribution in [1.82, 2.24) is 9.74 Å². The Kier molecular flexibility index (Phi) is 3.79. The van der Waals surface area contributed by atoms with Crippen LogP contribution in [0.2, 0.25) is 0 Å². The van der Waals surface area contributed by atoms with Gasteiger partial charge in [0.2, 0.25) is 0 Å². The van der Waals surface area contributed by atoms with Gasteiger partial charge >= 0.3 is 0 Å². The highest BCUT2D eigenvalue weighted by atomic mass is 35.5. The van der Waals surface area contributed by atoms with Crippen molar-refractivity contribution >= 4 is 40.9 Å². The van der Waals surface area contributed by atoms with E-state index in [0.29, 0.717) is 6.42 Å². The van der Waals surface area contributed by atoms with Gasteiger partial charge in [0.15, 0.2) is 0 Å². The van der Waals surface area contributed by atoms with E-state index in [0.717, 1.165) is 4.42 Å². The molecule has 1 saturated carbocycles. The van der Waals surface area contributed by atoms with Crippen LogP contribution in [0.25, 0.3) is 0 Å². The van der Waals surface area contributed by atoms with Crippen molar-refractivity contribution in [3.63, 3.8) is 0 Å². The number of alkyl halides is 3. The lowest BCUT2D eigenvalue weighted by Gasteiger charge is -2.25. The molecule has 17 heavy (non-hydrogen) atoms. The summed E-state index contributed by atoms with van der Waals surface area (Å²) in [6.07, 6.45) is -0.186. The number of rotatable bonds is 3. The minimum absolute atomic E-state index is 0.0186. The van der Waals surface area contributed by atoms with Crippen LogP contribution in [-0.2, 0) is 4.79 Å². The second-order valence-electron chi connectivity index (χ2n) is 4.76. The average molecular weight is 304 g/mol. The highest BCUT2D eigenvalue weighted by molar-refractivity contribution is 6.51. The molecule has 0 spiro atoms. The van der Waals surface area contributed by atoms with E-state index >= 15 is 0 Å². The predicted molar refractivity (Wildman–Crippen MR) is 66.0 cm³/mol. The smallest absolute Gasteiger partial charge is 0.254 e. The Morgan fingerprint density at radius 1 is 1.59 bits per heavy atom. The molecule has 0 aromatic carbocycles. The van der Waals surface area contributed by atoms with Crippen LogP contribution in [0.15, 0.2) is 0 Å². The van der Waals surface area contributed by atoms with E-state index in [2.05, 4.69) is 5.32 Å². The zero-order valence-electron chi connectivity index (χ0n) is 9.30. The largest absolute Gasteiger partial charge is 0.303 e. The molecule has 2 aliphatic rings. The molecule has 1 amide bonds. The Morgan fingerprint density at radius 3 is 2.59 bits per heavy atom. The molecule has 3 nitrogen and oxygen atoms in total. The fraction of sp³-hybridized carbons (Fsp3) is 0.900. The van der Waals surface area contributed by atoms with E-state index in [1.54, 1.807) is 6.92 Å². The Morgan fingerprint density at radius 2 is 2.18 bits per heavy atom. The molecule has 2 fully saturated rings. The van der Waals surface area contributed by atoms with Gasteiger partial charge in [-0.05, 0) is 13.3 Å². The van der Waals surface area contributed by atoms with Crippen molar-refractivity contribution in [3.8, 4) is 0 Å². The zero-order valence-corrected chi connectivity index (χ0v) is 11.6. The molecule has 0 bridgehead atoms. The van der Waals surface area contributed by atoms with Gasteiger partial charge in [-0.15, -0.1) is 23.2 Å². The number of nitrogens with zero attached hydrogens (tertiary/aromatic N) is 1. The number of carbonyl (C=O) groups is 1. The molecule has 0 aromatic heterocycles. The molecule has 0 radical (unpaired) electrons. The number of hydrogen-bond acceptors (Lipinski definition) is 2. The van der Waals surface area contributed by atoms with Crippen molar-refractivity contribution in [2.75, 3.05) is 6.54 Å². The average Bonchev–Trinajstić information content (AvgIpc) is 2.70. The molecule has 7 heteroatoms. The Bertz CT molecular complexity index is 329. The number of carbonyl (C=O) groups excluding carboxylic acids is 1. The first kappa shape index (κ1) is 13.7. The first-order chi connectivity index (χ1) is 7.83. The van der Waals surface area contributed by atoms with Crippen LogP contribution in [-0.4, -0.2) is 39.5 Å². The van der Waals surface area contributed by atoms with Gasteiger partial charge in [-0.2, -0.15) is 0 Å². The fourth-order valence-electron chi connectivity index (χ4n) is 2.15. The van der Waals surface area contributed by atoms with Crippen molar-refractivity contribution in [1.29, 1.82) is 0 Å². The number of amides is 1. The lowest BCUT2D eigenvalue weighted by atomic mass is 10.1. The Labute approximate surface area is 115 Å². The van der Waals surface area contributed by atoms with Gasteiger partial charge in [0, 0.05) is 30.7 Å². The minimum atomic E-state index is -0.981. The van der Waals surface area contributed by atoms with Crippen molar-refractivity contribution < 1.29 is 9.18 Å². The molecule has 4 atom stereocenters. The SMILES string of the molecule is C[C@H]([C@H]1CC1(Cl)Cl)N(Cl)C(=O)[C@@H]1C[C@@H](F)CN1. The maximum Gasteiger partial charge on any atom is 0.254 e. The van der Waals surface area contributed by atoms with Crippen LogP contribution in [0, 0.1) is 5.92 Å². The molecular weight excluding hydrogens is 289 g/mol. The molecule has 2 rings (SSSR count). The van der Waals surface area contributed by atoms with E-state index < -0.39 is 16.5 Å². The summed E-state index contributed by atoms with van der Waals surface area (Å²) < 4.78 is 13.3. The van der Waals surface area contributed by atoms with Crippen LogP contribution in [0.1, 0.15) is 19.8 Å². The van der Waals surface area contributed by atoms with E-state index in [1.165, 1.54) is 0 Å². The second kappa shape index (κ2) is 4.72. The maximum absolute atomic E-state index is 13.0. The highest BCUT2D eigenvalue weighted by Gasteiger charge is 2.56. The molecule has 1 N–H and O–H groups in total. The quantitative estimate of drug-likeness (QED) is 0.641. The summed E-state index contributed by atoms with van der Waals surface area (Å²) in [7, 11) is 0. The molecule has 1 saturated heterocycles. The lowest BCUT2D eigenvalue weighted by Crippen LogP contribution is -2.43. The van der Waals surface area contributed by atoms with E-state index in [1.807, 2.05) is 0 Å². The standard InChI is InChI=1S/C10H14Cl3FN2O/c1-5(7-3-10(7,11)12)16(13)9(17)8-2-6(14)4-15-8/h5-8,15H,2-4H2,1H3/t5-,6-,7-,8+/m1/s1. The molecule has 1 aliphatic heterocycles. The highest BCUT2D eigenvalue weighted by Crippen LogP contribution is 2.56.